The third-order valence-corrected chi connectivity index (χ3v) is 6.98. The van der Waals surface area contributed by atoms with Gasteiger partial charge < -0.3 is 0 Å². The van der Waals surface area contributed by atoms with Crippen LogP contribution in [0.15, 0.2) is 18.2 Å². The molecule has 0 N–H and O–H groups in total. The Kier molecular flexibility index (Phi) is 4.64. The average molecular weight is 313 g/mol. The maximum atomic E-state index is 2.44. The highest BCUT2D eigenvalue weighted by Crippen LogP contribution is 2.46. The van der Waals surface area contributed by atoms with E-state index >= 15 is 0 Å². The first kappa shape index (κ1) is 17.1. The van der Waals surface area contributed by atoms with E-state index in [0.717, 1.165) is 11.8 Å². The van der Waals surface area contributed by atoms with Gasteiger partial charge in [0.15, 0.2) is 0 Å². The van der Waals surface area contributed by atoms with Crippen molar-refractivity contribution in [2.75, 3.05) is 0 Å². The lowest BCUT2D eigenvalue weighted by atomic mass is 9.68. The molecule has 0 nitrogen and oxygen atoms in total. The van der Waals surface area contributed by atoms with Gasteiger partial charge in [0.05, 0.1) is 0 Å². The minimum atomic E-state index is 0.566. The highest BCUT2D eigenvalue weighted by atomic mass is 14.4. The maximum absolute atomic E-state index is 2.44. The van der Waals surface area contributed by atoms with Gasteiger partial charge in [0.2, 0.25) is 0 Å². The van der Waals surface area contributed by atoms with Crippen LogP contribution in [-0.2, 0) is 0 Å². The molecule has 3 rings (SSSR count). The molecule has 2 saturated carbocycles. The van der Waals surface area contributed by atoms with Crippen LogP contribution in [0.5, 0.6) is 0 Å². The van der Waals surface area contributed by atoms with Crippen LogP contribution >= 0.6 is 0 Å². The zero-order valence-corrected chi connectivity index (χ0v) is 16.0. The molecule has 128 valence electrons. The molecule has 0 aromatic heterocycles. The summed E-state index contributed by atoms with van der Waals surface area (Å²) in [7, 11) is 0. The normalized spacial score (nSPS) is 25.4. The van der Waals surface area contributed by atoms with Crippen molar-refractivity contribution in [3.05, 3.63) is 34.9 Å². The van der Waals surface area contributed by atoms with Crippen LogP contribution in [-0.4, -0.2) is 0 Å². The molecule has 0 bridgehead atoms. The molecule has 0 heterocycles. The summed E-state index contributed by atoms with van der Waals surface area (Å²) < 4.78 is 0. The topological polar surface area (TPSA) is 0 Å². The van der Waals surface area contributed by atoms with Crippen molar-refractivity contribution >= 4 is 0 Å². The van der Waals surface area contributed by atoms with E-state index < -0.39 is 0 Å². The first-order valence-corrected chi connectivity index (χ1v) is 9.87. The molecule has 0 atom stereocenters. The summed E-state index contributed by atoms with van der Waals surface area (Å²) in [6, 6.07) is 7.19. The fourth-order valence-electron chi connectivity index (χ4n) is 4.98. The Labute approximate surface area is 144 Å². The molecule has 0 unspecified atom stereocenters. The largest absolute Gasteiger partial charge is 0.0617 e. The molecule has 0 saturated heterocycles. The second-order valence-electron chi connectivity index (χ2n) is 9.94. The van der Waals surface area contributed by atoms with Crippen molar-refractivity contribution in [2.24, 2.45) is 10.8 Å². The first-order valence-electron chi connectivity index (χ1n) is 9.87. The highest BCUT2D eigenvalue weighted by Gasteiger charge is 2.31. The van der Waals surface area contributed by atoms with E-state index in [2.05, 4.69) is 52.8 Å². The predicted octanol–water partition coefficient (Wildman–Crippen LogP) is 7.36. The zero-order valence-electron chi connectivity index (χ0n) is 16.0. The van der Waals surface area contributed by atoms with Crippen molar-refractivity contribution in [1.82, 2.24) is 0 Å². The molecular weight excluding hydrogens is 276 g/mol. The lowest BCUT2D eigenvalue weighted by Gasteiger charge is -2.37. The quantitative estimate of drug-likeness (QED) is 0.535. The van der Waals surface area contributed by atoms with Gasteiger partial charge in [-0.1, -0.05) is 45.9 Å². The second kappa shape index (κ2) is 6.26. The smallest absolute Gasteiger partial charge is 0.0159 e. The minimum Gasteiger partial charge on any atom is -0.0617 e. The monoisotopic (exact) mass is 312 g/mol. The summed E-state index contributed by atoms with van der Waals surface area (Å²) in [6.07, 6.45) is 11.1. The Morgan fingerprint density at radius 2 is 1.04 bits per heavy atom. The number of hydrogen-bond acceptors (Lipinski definition) is 0. The zero-order chi connectivity index (χ0) is 16.7. The lowest BCUT2D eigenvalue weighted by molar-refractivity contribution is 0.221. The Balaban J connectivity index is 1.77. The molecule has 1 aromatic carbocycles. The highest BCUT2D eigenvalue weighted by molar-refractivity contribution is 5.39. The fraction of sp³-hybridized carbons (Fsp3) is 0.739. The van der Waals surface area contributed by atoms with Crippen LogP contribution in [0.4, 0.5) is 0 Å². The molecule has 23 heavy (non-hydrogen) atoms. The predicted molar refractivity (Wildman–Crippen MR) is 101 cm³/mol. The Morgan fingerprint density at radius 3 is 1.39 bits per heavy atom. The third-order valence-electron chi connectivity index (χ3n) is 6.98. The Bertz CT molecular complexity index is 483. The van der Waals surface area contributed by atoms with Gasteiger partial charge in [0.25, 0.3) is 0 Å². The van der Waals surface area contributed by atoms with Gasteiger partial charge in [-0.3, -0.25) is 0 Å². The van der Waals surface area contributed by atoms with Crippen LogP contribution in [0.1, 0.15) is 108 Å². The van der Waals surface area contributed by atoms with Gasteiger partial charge in [-0.2, -0.15) is 0 Å². The summed E-state index contributed by atoms with van der Waals surface area (Å²) >= 11 is 0. The minimum absolute atomic E-state index is 0.566. The molecule has 2 fully saturated rings. The maximum Gasteiger partial charge on any atom is -0.0159 e. The molecule has 0 aliphatic heterocycles. The first-order chi connectivity index (χ1) is 10.8. The van der Waals surface area contributed by atoms with Crippen molar-refractivity contribution in [3.63, 3.8) is 0 Å². The van der Waals surface area contributed by atoms with Gasteiger partial charge >= 0.3 is 0 Å². The molecule has 0 radical (unpaired) electrons. The summed E-state index contributed by atoms with van der Waals surface area (Å²) in [5, 5.41) is 0. The molecule has 1 aromatic rings. The van der Waals surface area contributed by atoms with Gasteiger partial charge in [-0.25, -0.2) is 0 Å². The van der Waals surface area contributed by atoms with Gasteiger partial charge in [-0.15, -0.1) is 0 Å². The lowest BCUT2D eigenvalue weighted by Crippen LogP contribution is -2.22. The summed E-state index contributed by atoms with van der Waals surface area (Å²) in [5.41, 5.74) is 6.10. The van der Waals surface area contributed by atoms with Crippen molar-refractivity contribution in [1.29, 1.82) is 0 Å². The van der Waals surface area contributed by atoms with Crippen LogP contribution < -0.4 is 0 Å². The van der Waals surface area contributed by atoms with Crippen LogP contribution in [0.2, 0.25) is 0 Å². The number of benzene rings is 1. The van der Waals surface area contributed by atoms with E-state index in [1.807, 2.05) is 0 Å². The van der Waals surface area contributed by atoms with Crippen molar-refractivity contribution in [3.8, 4) is 0 Å². The van der Waals surface area contributed by atoms with Crippen LogP contribution in [0.25, 0.3) is 0 Å². The van der Waals surface area contributed by atoms with E-state index in [4.69, 9.17) is 0 Å². The molecule has 0 amide bonds. The Hall–Kier alpha value is -0.780. The van der Waals surface area contributed by atoms with E-state index in [1.165, 1.54) is 51.4 Å². The summed E-state index contributed by atoms with van der Waals surface area (Å²) in [4.78, 5) is 0. The van der Waals surface area contributed by atoms with E-state index in [9.17, 15) is 0 Å². The van der Waals surface area contributed by atoms with E-state index in [0.29, 0.717) is 10.8 Å². The van der Waals surface area contributed by atoms with Crippen molar-refractivity contribution < 1.29 is 0 Å². The molecular formula is C23H36. The van der Waals surface area contributed by atoms with Crippen LogP contribution in [0.3, 0.4) is 0 Å². The molecule has 2 aliphatic carbocycles. The third kappa shape index (κ3) is 3.83. The summed E-state index contributed by atoms with van der Waals surface area (Å²) in [5.74, 6) is 1.62. The van der Waals surface area contributed by atoms with Gasteiger partial charge in [0.1, 0.15) is 0 Å². The second-order valence-corrected chi connectivity index (χ2v) is 9.94. The molecule has 0 spiro atoms. The van der Waals surface area contributed by atoms with Crippen LogP contribution in [0, 0.1) is 17.8 Å². The molecule has 0 heteroatoms. The fourth-order valence-corrected chi connectivity index (χ4v) is 4.98. The van der Waals surface area contributed by atoms with E-state index in [-0.39, 0.29) is 0 Å². The van der Waals surface area contributed by atoms with Crippen molar-refractivity contribution in [2.45, 2.75) is 97.8 Å². The molecule has 2 aliphatic rings. The Morgan fingerprint density at radius 1 is 0.696 bits per heavy atom. The van der Waals surface area contributed by atoms with Gasteiger partial charge in [-0.05, 0) is 97.6 Å². The number of rotatable bonds is 2. The summed E-state index contributed by atoms with van der Waals surface area (Å²) in [6.45, 7) is 12.2. The standard InChI is InChI=1S/C23H36/c1-17-20(18-9-13-22(2,3)14-10-18)7-6-8-21(17)19-11-15-23(4,5)16-12-19/h6-8,18-19H,9-16H2,1-5H3. The van der Waals surface area contributed by atoms with E-state index in [1.54, 1.807) is 16.7 Å². The average Bonchev–Trinajstić information content (AvgIpc) is 2.48. The number of hydrogen-bond donors (Lipinski definition) is 0. The van der Waals surface area contributed by atoms with Gasteiger partial charge in [0, 0.05) is 0 Å². The SMILES string of the molecule is Cc1c(C2CCC(C)(C)CC2)cccc1C1CCC(C)(C)CC1.